The number of hydrogen-bond acceptors (Lipinski definition) is 2. The molecule has 0 radical (unpaired) electrons. The summed E-state index contributed by atoms with van der Waals surface area (Å²) >= 11 is 0. The lowest BCUT2D eigenvalue weighted by atomic mass is 9.81. The number of carboxylic acid groups (broad SMARTS) is 1. The molecule has 0 bridgehead atoms. The zero-order chi connectivity index (χ0) is 13.6. The summed E-state index contributed by atoms with van der Waals surface area (Å²) in [6, 6.07) is -0.679. The van der Waals surface area contributed by atoms with E-state index in [2.05, 4.69) is 38.3 Å². The monoisotopic (exact) mass is 244 g/mol. The van der Waals surface area contributed by atoms with Crippen LogP contribution in [0.5, 0.6) is 0 Å². The third-order valence-electron chi connectivity index (χ3n) is 3.13. The van der Waals surface area contributed by atoms with Gasteiger partial charge in [0.05, 0.1) is 6.42 Å². The Kier molecular flexibility index (Phi) is 5.99. The second-order valence-electron chi connectivity index (χ2n) is 5.47. The summed E-state index contributed by atoms with van der Waals surface area (Å²) in [6.07, 6.45) is -0.0685. The molecule has 0 aliphatic carbocycles. The Balaban J connectivity index is 3.99. The van der Waals surface area contributed by atoms with Crippen LogP contribution in [0.3, 0.4) is 0 Å². The van der Waals surface area contributed by atoms with E-state index >= 15 is 0 Å². The van der Waals surface area contributed by atoms with Gasteiger partial charge in [0.25, 0.3) is 0 Å². The average molecular weight is 244 g/mol. The fraction of sp³-hybridized carbons (Fsp3) is 0.833. The standard InChI is InChI=1S/C12H24N2O3/c1-8(2)12(4,5)7-13-11(17)14-9(3)6-10(15)16/h8-9H,6-7H2,1-5H3,(H,15,16)(H2,13,14,17). The van der Waals surface area contributed by atoms with E-state index in [0.29, 0.717) is 12.5 Å². The smallest absolute Gasteiger partial charge is 0.315 e. The largest absolute Gasteiger partial charge is 0.481 e. The van der Waals surface area contributed by atoms with Crippen LogP contribution in [0.25, 0.3) is 0 Å². The van der Waals surface area contributed by atoms with Crippen molar-refractivity contribution >= 4 is 12.0 Å². The molecule has 17 heavy (non-hydrogen) atoms. The molecule has 3 N–H and O–H groups in total. The maximum absolute atomic E-state index is 11.5. The van der Waals surface area contributed by atoms with Crippen LogP contribution in [-0.2, 0) is 4.79 Å². The molecule has 0 aromatic rings. The van der Waals surface area contributed by atoms with Gasteiger partial charge in [0.1, 0.15) is 0 Å². The fourth-order valence-corrected chi connectivity index (χ4v) is 1.10. The van der Waals surface area contributed by atoms with Crippen LogP contribution < -0.4 is 10.6 Å². The predicted molar refractivity (Wildman–Crippen MR) is 66.9 cm³/mol. The second kappa shape index (κ2) is 6.47. The summed E-state index contributed by atoms with van der Waals surface area (Å²) in [5.74, 6) is -0.459. The van der Waals surface area contributed by atoms with Gasteiger partial charge < -0.3 is 15.7 Å². The number of hydrogen-bond donors (Lipinski definition) is 3. The van der Waals surface area contributed by atoms with Gasteiger partial charge in [0.2, 0.25) is 0 Å². The number of carboxylic acids is 1. The molecule has 5 heteroatoms. The number of carbonyl (C=O) groups is 2. The molecule has 0 aliphatic heterocycles. The molecule has 0 aromatic carbocycles. The first-order valence-corrected chi connectivity index (χ1v) is 5.91. The molecular formula is C12H24N2O3. The highest BCUT2D eigenvalue weighted by Crippen LogP contribution is 2.24. The minimum Gasteiger partial charge on any atom is -0.481 e. The molecule has 0 spiro atoms. The molecule has 0 rings (SSSR count). The molecule has 1 unspecified atom stereocenters. The Morgan fingerprint density at radius 3 is 2.18 bits per heavy atom. The van der Waals surface area contributed by atoms with Gasteiger partial charge in [-0.3, -0.25) is 4.79 Å². The third-order valence-corrected chi connectivity index (χ3v) is 3.13. The summed E-state index contributed by atoms with van der Waals surface area (Å²) < 4.78 is 0. The van der Waals surface area contributed by atoms with Crippen LogP contribution in [0.1, 0.15) is 41.0 Å². The highest BCUT2D eigenvalue weighted by Gasteiger charge is 2.23. The number of nitrogens with one attached hydrogen (secondary N) is 2. The molecule has 0 aromatic heterocycles. The Morgan fingerprint density at radius 1 is 1.24 bits per heavy atom. The first kappa shape index (κ1) is 15.7. The van der Waals surface area contributed by atoms with E-state index in [0.717, 1.165) is 0 Å². The molecule has 2 amide bonds. The number of amides is 2. The maximum atomic E-state index is 11.5. The van der Waals surface area contributed by atoms with Crippen LogP contribution >= 0.6 is 0 Å². The number of rotatable bonds is 6. The first-order chi connectivity index (χ1) is 7.65. The topological polar surface area (TPSA) is 78.4 Å². The summed E-state index contributed by atoms with van der Waals surface area (Å²) in [5.41, 5.74) is 0.0212. The van der Waals surface area contributed by atoms with Gasteiger partial charge in [-0.1, -0.05) is 27.7 Å². The SMILES string of the molecule is CC(CC(=O)O)NC(=O)NCC(C)(C)C(C)C. The molecule has 0 aliphatic rings. The normalized spacial score (nSPS) is 13.3. The average Bonchev–Trinajstić information content (AvgIpc) is 2.13. The Bertz CT molecular complexity index is 275. The quantitative estimate of drug-likeness (QED) is 0.667. The maximum Gasteiger partial charge on any atom is 0.315 e. The van der Waals surface area contributed by atoms with Gasteiger partial charge in [-0.2, -0.15) is 0 Å². The van der Waals surface area contributed by atoms with Crippen molar-refractivity contribution in [3.8, 4) is 0 Å². The van der Waals surface area contributed by atoms with Crippen molar-refractivity contribution in [2.45, 2.75) is 47.1 Å². The van der Waals surface area contributed by atoms with Crippen molar-refractivity contribution in [2.24, 2.45) is 11.3 Å². The highest BCUT2D eigenvalue weighted by atomic mass is 16.4. The van der Waals surface area contributed by atoms with Crippen molar-refractivity contribution < 1.29 is 14.7 Å². The van der Waals surface area contributed by atoms with Gasteiger partial charge in [0.15, 0.2) is 0 Å². The molecule has 1 atom stereocenters. The van der Waals surface area contributed by atoms with Crippen LogP contribution in [0, 0.1) is 11.3 Å². The lowest BCUT2D eigenvalue weighted by Gasteiger charge is -2.29. The van der Waals surface area contributed by atoms with E-state index < -0.39 is 5.97 Å². The lowest BCUT2D eigenvalue weighted by Crippen LogP contribution is -2.45. The first-order valence-electron chi connectivity index (χ1n) is 5.91. The summed E-state index contributed by atoms with van der Waals surface area (Å²) in [7, 11) is 0. The minimum atomic E-state index is -0.916. The predicted octanol–water partition coefficient (Wildman–Crippen LogP) is 1.83. The van der Waals surface area contributed by atoms with Crippen LogP contribution in [0.2, 0.25) is 0 Å². The van der Waals surface area contributed by atoms with E-state index in [1.54, 1.807) is 6.92 Å². The van der Waals surface area contributed by atoms with Gasteiger partial charge in [-0.15, -0.1) is 0 Å². The molecule has 100 valence electrons. The lowest BCUT2D eigenvalue weighted by molar-refractivity contribution is -0.137. The van der Waals surface area contributed by atoms with E-state index in [1.807, 2.05) is 0 Å². The van der Waals surface area contributed by atoms with E-state index in [9.17, 15) is 9.59 Å². The number of carbonyl (C=O) groups excluding carboxylic acids is 1. The van der Waals surface area contributed by atoms with Crippen LogP contribution in [0.4, 0.5) is 4.79 Å². The molecule has 5 nitrogen and oxygen atoms in total. The Labute approximate surface area is 103 Å². The highest BCUT2D eigenvalue weighted by molar-refractivity contribution is 5.75. The van der Waals surface area contributed by atoms with Crippen molar-refractivity contribution in [3.63, 3.8) is 0 Å². The van der Waals surface area contributed by atoms with Crippen molar-refractivity contribution in [1.82, 2.24) is 10.6 Å². The van der Waals surface area contributed by atoms with Crippen molar-refractivity contribution in [3.05, 3.63) is 0 Å². The van der Waals surface area contributed by atoms with Crippen LogP contribution in [0.15, 0.2) is 0 Å². The zero-order valence-corrected chi connectivity index (χ0v) is 11.3. The van der Waals surface area contributed by atoms with Gasteiger partial charge in [-0.05, 0) is 18.3 Å². The van der Waals surface area contributed by atoms with Gasteiger partial charge in [-0.25, -0.2) is 4.79 Å². The molecule has 0 heterocycles. The van der Waals surface area contributed by atoms with E-state index in [4.69, 9.17) is 5.11 Å². The summed E-state index contributed by atoms with van der Waals surface area (Å²) in [6.45, 7) is 10.6. The minimum absolute atomic E-state index is 0.0212. The number of aliphatic carboxylic acids is 1. The van der Waals surface area contributed by atoms with Gasteiger partial charge >= 0.3 is 12.0 Å². The number of urea groups is 1. The third kappa shape index (κ3) is 6.81. The van der Waals surface area contributed by atoms with E-state index in [1.165, 1.54) is 0 Å². The summed E-state index contributed by atoms with van der Waals surface area (Å²) in [4.78, 5) is 21.9. The second-order valence-corrected chi connectivity index (χ2v) is 5.47. The Morgan fingerprint density at radius 2 is 1.76 bits per heavy atom. The fourth-order valence-electron chi connectivity index (χ4n) is 1.10. The molecule has 0 saturated carbocycles. The molecule has 0 fully saturated rings. The van der Waals surface area contributed by atoms with Gasteiger partial charge in [0, 0.05) is 12.6 Å². The zero-order valence-electron chi connectivity index (χ0n) is 11.3. The summed E-state index contributed by atoms with van der Waals surface area (Å²) in [5, 5.41) is 13.9. The van der Waals surface area contributed by atoms with Crippen molar-refractivity contribution in [2.75, 3.05) is 6.54 Å². The Hall–Kier alpha value is -1.26. The molecular weight excluding hydrogens is 220 g/mol. The van der Waals surface area contributed by atoms with Crippen LogP contribution in [-0.4, -0.2) is 29.7 Å². The van der Waals surface area contributed by atoms with Crippen molar-refractivity contribution in [1.29, 1.82) is 0 Å². The van der Waals surface area contributed by atoms with E-state index in [-0.39, 0.29) is 23.9 Å². The molecule has 0 saturated heterocycles.